The van der Waals surface area contributed by atoms with Crippen LogP contribution < -0.4 is 10.5 Å². The molecule has 0 aromatic heterocycles. The maximum Gasteiger partial charge on any atom is 0.131 e. The van der Waals surface area contributed by atoms with Gasteiger partial charge in [-0.25, -0.2) is 8.78 Å². The summed E-state index contributed by atoms with van der Waals surface area (Å²) in [4.78, 5) is 0. The van der Waals surface area contributed by atoms with Gasteiger partial charge < -0.3 is 10.5 Å². The maximum atomic E-state index is 13.8. The third-order valence-corrected chi connectivity index (χ3v) is 2.92. The molecule has 0 unspecified atom stereocenters. The van der Waals surface area contributed by atoms with E-state index in [9.17, 15) is 8.78 Å². The highest BCUT2D eigenvalue weighted by Crippen LogP contribution is 2.33. The molecule has 2 N–H and O–H groups in total. The van der Waals surface area contributed by atoms with Gasteiger partial charge in [0.05, 0.1) is 7.11 Å². The van der Waals surface area contributed by atoms with Crippen LogP contribution in [0.2, 0.25) is 0 Å². The second-order valence-electron chi connectivity index (χ2n) is 4.20. The quantitative estimate of drug-likeness (QED) is 0.919. The van der Waals surface area contributed by atoms with Crippen molar-refractivity contribution in [2.75, 3.05) is 13.7 Å². The van der Waals surface area contributed by atoms with Crippen molar-refractivity contribution in [3.05, 3.63) is 53.6 Å². The molecule has 2 nitrogen and oxygen atoms in total. The Morgan fingerprint density at radius 3 is 2.53 bits per heavy atom. The Balaban J connectivity index is 2.58. The first kappa shape index (κ1) is 13.5. The van der Waals surface area contributed by atoms with Gasteiger partial charge in [0.2, 0.25) is 0 Å². The van der Waals surface area contributed by atoms with Crippen LogP contribution in [0.5, 0.6) is 5.75 Å². The summed E-state index contributed by atoms with van der Waals surface area (Å²) >= 11 is 0. The molecule has 0 radical (unpaired) electrons. The number of nitrogens with two attached hydrogens (primary N) is 1. The molecule has 2 aromatic rings. The molecule has 0 amide bonds. The van der Waals surface area contributed by atoms with Crippen molar-refractivity contribution in [3.63, 3.8) is 0 Å². The number of rotatable bonds is 4. The van der Waals surface area contributed by atoms with Crippen LogP contribution in [-0.4, -0.2) is 13.7 Å². The Morgan fingerprint density at radius 2 is 1.84 bits per heavy atom. The van der Waals surface area contributed by atoms with Gasteiger partial charge in [0.1, 0.15) is 17.4 Å². The molecule has 0 saturated carbocycles. The number of methoxy groups -OCH3 is 1. The highest BCUT2D eigenvalue weighted by atomic mass is 19.1. The maximum absolute atomic E-state index is 13.8. The Hall–Kier alpha value is -1.94. The Labute approximate surface area is 110 Å². The number of hydrogen-bond acceptors (Lipinski definition) is 2. The SMILES string of the molecule is COc1ccc(CCN)cc1-c1cc(F)ccc1F. The van der Waals surface area contributed by atoms with E-state index in [0.29, 0.717) is 24.3 Å². The van der Waals surface area contributed by atoms with Gasteiger partial charge in [0, 0.05) is 11.1 Å². The first-order valence-electron chi connectivity index (χ1n) is 5.98. The van der Waals surface area contributed by atoms with E-state index in [1.807, 2.05) is 6.07 Å². The summed E-state index contributed by atoms with van der Waals surface area (Å²) in [7, 11) is 1.50. The fourth-order valence-corrected chi connectivity index (χ4v) is 1.99. The van der Waals surface area contributed by atoms with Crippen LogP contribution in [0.15, 0.2) is 36.4 Å². The topological polar surface area (TPSA) is 35.2 Å². The van der Waals surface area contributed by atoms with E-state index in [4.69, 9.17) is 10.5 Å². The van der Waals surface area contributed by atoms with Crippen molar-refractivity contribution < 1.29 is 13.5 Å². The van der Waals surface area contributed by atoms with Gasteiger partial charge in [-0.1, -0.05) is 6.07 Å². The third-order valence-electron chi connectivity index (χ3n) is 2.92. The van der Waals surface area contributed by atoms with E-state index in [0.717, 1.165) is 17.7 Å². The van der Waals surface area contributed by atoms with E-state index in [2.05, 4.69) is 0 Å². The molecule has 2 aromatic carbocycles. The molecule has 0 bridgehead atoms. The van der Waals surface area contributed by atoms with E-state index in [1.165, 1.54) is 13.2 Å². The molecule has 0 fully saturated rings. The Bertz CT molecular complexity index is 584. The van der Waals surface area contributed by atoms with Crippen LogP contribution in [0.1, 0.15) is 5.56 Å². The first-order chi connectivity index (χ1) is 9.15. The lowest BCUT2D eigenvalue weighted by Gasteiger charge is -2.11. The highest BCUT2D eigenvalue weighted by molar-refractivity contribution is 5.71. The highest BCUT2D eigenvalue weighted by Gasteiger charge is 2.12. The van der Waals surface area contributed by atoms with Crippen LogP contribution in [0.4, 0.5) is 8.78 Å². The third kappa shape index (κ3) is 2.90. The molecular formula is C15H15F2NO. The zero-order chi connectivity index (χ0) is 13.8. The lowest BCUT2D eigenvalue weighted by Crippen LogP contribution is -2.03. The summed E-state index contributed by atoms with van der Waals surface area (Å²) in [6.07, 6.45) is 0.675. The molecule has 100 valence electrons. The zero-order valence-corrected chi connectivity index (χ0v) is 10.6. The second kappa shape index (κ2) is 5.80. The molecule has 0 aliphatic heterocycles. The zero-order valence-electron chi connectivity index (χ0n) is 10.6. The number of hydrogen-bond donors (Lipinski definition) is 1. The number of halogens is 2. The molecule has 19 heavy (non-hydrogen) atoms. The number of benzene rings is 2. The van der Waals surface area contributed by atoms with Crippen molar-refractivity contribution >= 4 is 0 Å². The Morgan fingerprint density at radius 1 is 1.05 bits per heavy atom. The number of ether oxygens (including phenoxy) is 1. The van der Waals surface area contributed by atoms with E-state index in [-0.39, 0.29) is 5.56 Å². The monoisotopic (exact) mass is 263 g/mol. The largest absolute Gasteiger partial charge is 0.496 e. The average Bonchev–Trinajstić information content (AvgIpc) is 2.42. The summed E-state index contributed by atoms with van der Waals surface area (Å²) in [5.41, 5.74) is 7.19. The second-order valence-corrected chi connectivity index (χ2v) is 4.20. The summed E-state index contributed by atoms with van der Waals surface area (Å²) in [6.45, 7) is 0.497. The smallest absolute Gasteiger partial charge is 0.131 e. The molecule has 2 rings (SSSR count). The van der Waals surface area contributed by atoms with Crippen LogP contribution in [-0.2, 0) is 6.42 Å². The minimum atomic E-state index is -0.484. The van der Waals surface area contributed by atoms with Crippen LogP contribution >= 0.6 is 0 Å². The standard InChI is InChI=1S/C15H15F2NO/c1-19-15-5-2-10(6-7-18)8-13(15)12-9-11(16)3-4-14(12)17/h2-5,8-9H,6-7,18H2,1H3. The van der Waals surface area contributed by atoms with Gasteiger partial charge in [-0.05, 0) is 48.9 Å². The predicted molar refractivity (Wildman–Crippen MR) is 71.1 cm³/mol. The van der Waals surface area contributed by atoms with Gasteiger partial charge in [-0.3, -0.25) is 0 Å². The molecule has 0 heterocycles. The van der Waals surface area contributed by atoms with E-state index >= 15 is 0 Å². The lowest BCUT2D eigenvalue weighted by atomic mass is 10.00. The first-order valence-corrected chi connectivity index (χ1v) is 5.98. The van der Waals surface area contributed by atoms with Crippen molar-refractivity contribution in [1.29, 1.82) is 0 Å². The fourth-order valence-electron chi connectivity index (χ4n) is 1.99. The molecule has 0 aliphatic carbocycles. The van der Waals surface area contributed by atoms with E-state index < -0.39 is 11.6 Å². The van der Waals surface area contributed by atoms with Crippen molar-refractivity contribution in [3.8, 4) is 16.9 Å². The molecule has 0 atom stereocenters. The summed E-state index contributed by atoms with van der Waals surface area (Å²) in [5, 5.41) is 0. The summed E-state index contributed by atoms with van der Waals surface area (Å²) in [6, 6.07) is 8.76. The van der Waals surface area contributed by atoms with Crippen molar-refractivity contribution in [1.82, 2.24) is 0 Å². The van der Waals surface area contributed by atoms with Crippen molar-refractivity contribution in [2.45, 2.75) is 6.42 Å². The fraction of sp³-hybridized carbons (Fsp3) is 0.200. The molecule has 0 aliphatic rings. The normalized spacial score (nSPS) is 10.5. The van der Waals surface area contributed by atoms with Crippen LogP contribution in [0, 0.1) is 11.6 Å². The molecule has 4 heteroatoms. The van der Waals surface area contributed by atoms with Crippen LogP contribution in [0.25, 0.3) is 11.1 Å². The predicted octanol–water partition coefficient (Wildman–Crippen LogP) is 3.14. The molecule has 0 spiro atoms. The summed E-state index contributed by atoms with van der Waals surface area (Å²) < 4.78 is 32.3. The molecule has 0 saturated heterocycles. The van der Waals surface area contributed by atoms with Gasteiger partial charge >= 0.3 is 0 Å². The molecular weight excluding hydrogens is 248 g/mol. The van der Waals surface area contributed by atoms with Gasteiger partial charge in [0.15, 0.2) is 0 Å². The van der Waals surface area contributed by atoms with Gasteiger partial charge in [-0.15, -0.1) is 0 Å². The minimum Gasteiger partial charge on any atom is -0.496 e. The van der Waals surface area contributed by atoms with Crippen LogP contribution in [0.3, 0.4) is 0 Å². The van der Waals surface area contributed by atoms with E-state index in [1.54, 1.807) is 12.1 Å². The minimum absolute atomic E-state index is 0.190. The van der Waals surface area contributed by atoms with Gasteiger partial charge in [0.25, 0.3) is 0 Å². The lowest BCUT2D eigenvalue weighted by molar-refractivity contribution is 0.416. The summed E-state index contributed by atoms with van der Waals surface area (Å²) in [5.74, 6) is -0.461. The average molecular weight is 263 g/mol. The van der Waals surface area contributed by atoms with Gasteiger partial charge in [-0.2, -0.15) is 0 Å². The van der Waals surface area contributed by atoms with Crippen molar-refractivity contribution in [2.24, 2.45) is 5.73 Å². The Kier molecular flexibility index (Phi) is 4.12.